The van der Waals surface area contributed by atoms with Gasteiger partial charge >= 0.3 is 0 Å². The molecule has 1 saturated carbocycles. The SMILES string of the molecule is C=CC1(C)CCC(C=CC=CC(C)(C)O)CC1C(=C)C. The van der Waals surface area contributed by atoms with Gasteiger partial charge in [-0.2, -0.15) is 0 Å². The van der Waals surface area contributed by atoms with Crippen LogP contribution >= 0.6 is 0 Å². The molecule has 0 aromatic carbocycles. The van der Waals surface area contributed by atoms with E-state index >= 15 is 0 Å². The molecule has 112 valence electrons. The summed E-state index contributed by atoms with van der Waals surface area (Å²) in [6.45, 7) is 16.2. The fourth-order valence-corrected chi connectivity index (χ4v) is 3.06. The van der Waals surface area contributed by atoms with Gasteiger partial charge in [0, 0.05) is 0 Å². The van der Waals surface area contributed by atoms with Crippen molar-refractivity contribution in [3.8, 4) is 0 Å². The van der Waals surface area contributed by atoms with Crippen LogP contribution in [0.2, 0.25) is 0 Å². The number of hydrogen-bond acceptors (Lipinski definition) is 1. The zero-order valence-corrected chi connectivity index (χ0v) is 13.5. The highest BCUT2D eigenvalue weighted by Gasteiger charge is 2.37. The molecule has 1 fully saturated rings. The minimum absolute atomic E-state index is 0.194. The molecule has 20 heavy (non-hydrogen) atoms. The van der Waals surface area contributed by atoms with Crippen LogP contribution in [0.25, 0.3) is 0 Å². The van der Waals surface area contributed by atoms with Crippen molar-refractivity contribution >= 4 is 0 Å². The Kier molecular flexibility index (Phi) is 5.59. The number of hydrogen-bond donors (Lipinski definition) is 1. The quantitative estimate of drug-likeness (QED) is 0.549. The summed E-state index contributed by atoms with van der Waals surface area (Å²) in [5.74, 6) is 1.11. The van der Waals surface area contributed by atoms with E-state index in [9.17, 15) is 5.11 Å². The first kappa shape index (κ1) is 17.0. The van der Waals surface area contributed by atoms with Crippen LogP contribution in [0.5, 0.6) is 0 Å². The maximum Gasteiger partial charge on any atom is 0.0774 e. The lowest BCUT2D eigenvalue weighted by atomic mass is 9.62. The third-order valence-corrected chi connectivity index (χ3v) is 4.45. The standard InChI is InChI=1S/C19H30O/c1-7-19(6)13-11-16(14-17(19)15(2)3)10-8-9-12-18(4,5)20/h7-10,12,16-17,20H,1-2,11,13-14H2,3-6H3. The third-order valence-electron chi connectivity index (χ3n) is 4.45. The molecule has 0 aromatic rings. The summed E-state index contributed by atoms with van der Waals surface area (Å²) in [6, 6.07) is 0. The van der Waals surface area contributed by atoms with E-state index in [1.807, 2.05) is 12.2 Å². The summed E-state index contributed by atoms with van der Waals surface area (Å²) in [6.07, 6.45) is 13.7. The van der Waals surface area contributed by atoms with E-state index in [-0.39, 0.29) is 5.41 Å². The Bertz CT molecular complexity index is 408. The lowest BCUT2D eigenvalue weighted by molar-refractivity contribution is 0.133. The highest BCUT2D eigenvalue weighted by atomic mass is 16.3. The van der Waals surface area contributed by atoms with Gasteiger partial charge in [0.25, 0.3) is 0 Å². The van der Waals surface area contributed by atoms with Gasteiger partial charge in [0.1, 0.15) is 0 Å². The smallest absolute Gasteiger partial charge is 0.0774 e. The van der Waals surface area contributed by atoms with Gasteiger partial charge in [-0.05, 0) is 57.3 Å². The van der Waals surface area contributed by atoms with E-state index in [4.69, 9.17) is 0 Å². The third kappa shape index (κ3) is 4.79. The first-order valence-corrected chi connectivity index (χ1v) is 7.55. The van der Waals surface area contributed by atoms with Gasteiger partial charge < -0.3 is 5.11 Å². The summed E-state index contributed by atoms with van der Waals surface area (Å²) >= 11 is 0. The Hall–Kier alpha value is -1.08. The van der Waals surface area contributed by atoms with Crippen LogP contribution in [0.3, 0.4) is 0 Å². The van der Waals surface area contributed by atoms with E-state index in [1.165, 1.54) is 12.0 Å². The minimum Gasteiger partial charge on any atom is -0.386 e. The predicted molar refractivity (Wildman–Crippen MR) is 88.5 cm³/mol. The highest BCUT2D eigenvalue weighted by Crippen LogP contribution is 2.47. The fraction of sp³-hybridized carbons (Fsp3) is 0.579. The molecule has 0 radical (unpaired) electrons. The molecule has 0 saturated heterocycles. The zero-order chi connectivity index (χ0) is 15.4. The van der Waals surface area contributed by atoms with Crippen LogP contribution in [-0.4, -0.2) is 10.7 Å². The second-order valence-electron chi connectivity index (χ2n) is 7.04. The van der Waals surface area contributed by atoms with Gasteiger partial charge in [-0.1, -0.05) is 49.5 Å². The average Bonchev–Trinajstić information content (AvgIpc) is 2.35. The first-order valence-electron chi connectivity index (χ1n) is 7.55. The van der Waals surface area contributed by atoms with E-state index in [0.717, 1.165) is 12.8 Å². The second kappa shape index (κ2) is 6.58. The molecule has 1 aliphatic rings. The molecule has 0 aromatic heterocycles. The molecule has 1 rings (SSSR count). The number of aliphatic hydroxyl groups is 1. The Morgan fingerprint density at radius 1 is 1.35 bits per heavy atom. The summed E-state index contributed by atoms with van der Waals surface area (Å²) in [5.41, 5.74) is 0.718. The molecule has 0 heterocycles. The van der Waals surface area contributed by atoms with Crippen molar-refractivity contribution in [2.45, 2.75) is 52.6 Å². The van der Waals surface area contributed by atoms with Crippen molar-refractivity contribution in [3.05, 3.63) is 49.1 Å². The Balaban J connectivity index is 2.68. The van der Waals surface area contributed by atoms with Crippen LogP contribution in [-0.2, 0) is 0 Å². The van der Waals surface area contributed by atoms with Crippen molar-refractivity contribution in [1.82, 2.24) is 0 Å². The van der Waals surface area contributed by atoms with Crippen molar-refractivity contribution in [2.75, 3.05) is 0 Å². The molecule has 3 unspecified atom stereocenters. The van der Waals surface area contributed by atoms with Gasteiger partial charge in [-0.15, -0.1) is 6.58 Å². The molecular weight excluding hydrogens is 244 g/mol. The van der Waals surface area contributed by atoms with Crippen molar-refractivity contribution in [1.29, 1.82) is 0 Å². The topological polar surface area (TPSA) is 20.2 Å². The zero-order valence-electron chi connectivity index (χ0n) is 13.5. The van der Waals surface area contributed by atoms with Crippen LogP contribution in [0.4, 0.5) is 0 Å². The maximum atomic E-state index is 9.63. The largest absolute Gasteiger partial charge is 0.386 e. The monoisotopic (exact) mass is 274 g/mol. The van der Waals surface area contributed by atoms with Crippen LogP contribution in [0.1, 0.15) is 47.0 Å². The number of rotatable bonds is 5. The maximum absolute atomic E-state index is 9.63. The summed E-state index contributed by atoms with van der Waals surface area (Å²) in [5, 5.41) is 9.63. The van der Waals surface area contributed by atoms with E-state index in [0.29, 0.717) is 11.8 Å². The lowest BCUT2D eigenvalue weighted by Crippen LogP contribution is -2.32. The van der Waals surface area contributed by atoms with Gasteiger partial charge in [-0.3, -0.25) is 0 Å². The summed E-state index contributed by atoms with van der Waals surface area (Å²) in [4.78, 5) is 0. The fourth-order valence-electron chi connectivity index (χ4n) is 3.06. The van der Waals surface area contributed by atoms with Crippen molar-refractivity contribution in [3.63, 3.8) is 0 Å². The highest BCUT2D eigenvalue weighted by molar-refractivity contribution is 5.15. The molecule has 0 amide bonds. The first-order chi connectivity index (χ1) is 9.18. The van der Waals surface area contributed by atoms with E-state index < -0.39 is 5.60 Å². The van der Waals surface area contributed by atoms with Gasteiger partial charge in [-0.25, -0.2) is 0 Å². The van der Waals surface area contributed by atoms with Gasteiger partial charge in [0.15, 0.2) is 0 Å². The molecule has 1 heteroatoms. The van der Waals surface area contributed by atoms with Crippen molar-refractivity contribution < 1.29 is 5.11 Å². The van der Waals surface area contributed by atoms with Gasteiger partial charge in [0.2, 0.25) is 0 Å². The molecule has 1 N–H and O–H groups in total. The van der Waals surface area contributed by atoms with E-state index in [2.05, 4.69) is 45.2 Å². The van der Waals surface area contributed by atoms with Crippen LogP contribution in [0.15, 0.2) is 49.1 Å². The van der Waals surface area contributed by atoms with E-state index in [1.54, 1.807) is 13.8 Å². The Morgan fingerprint density at radius 3 is 2.50 bits per heavy atom. The molecule has 1 aliphatic carbocycles. The Morgan fingerprint density at radius 2 is 2.00 bits per heavy atom. The predicted octanol–water partition coefficient (Wildman–Crippen LogP) is 5.05. The minimum atomic E-state index is -0.738. The normalized spacial score (nSPS) is 31.9. The van der Waals surface area contributed by atoms with Gasteiger partial charge in [0.05, 0.1) is 5.60 Å². The molecular formula is C19H30O. The Labute approximate surface area is 124 Å². The second-order valence-corrected chi connectivity index (χ2v) is 7.04. The lowest BCUT2D eigenvalue weighted by Gasteiger charge is -2.42. The molecule has 0 aliphatic heterocycles. The summed E-state index contributed by atoms with van der Waals surface area (Å²) < 4.78 is 0. The van der Waals surface area contributed by atoms with Crippen LogP contribution < -0.4 is 0 Å². The average molecular weight is 274 g/mol. The molecule has 0 spiro atoms. The van der Waals surface area contributed by atoms with Crippen LogP contribution in [0, 0.1) is 17.3 Å². The molecule has 0 bridgehead atoms. The molecule has 1 nitrogen and oxygen atoms in total. The molecule has 3 atom stereocenters. The van der Waals surface area contributed by atoms with Crippen molar-refractivity contribution in [2.24, 2.45) is 17.3 Å². The number of allylic oxidation sites excluding steroid dienone is 5. The summed E-state index contributed by atoms with van der Waals surface area (Å²) in [7, 11) is 0.